The summed E-state index contributed by atoms with van der Waals surface area (Å²) in [6, 6.07) is 11.6. The van der Waals surface area contributed by atoms with E-state index in [1.165, 1.54) is 25.3 Å². The lowest BCUT2D eigenvalue weighted by Crippen LogP contribution is -2.36. The van der Waals surface area contributed by atoms with Crippen molar-refractivity contribution >= 4 is 33.0 Å². The summed E-state index contributed by atoms with van der Waals surface area (Å²) in [5.41, 5.74) is 1.53. The molecule has 0 spiro atoms. The van der Waals surface area contributed by atoms with Crippen LogP contribution in [0, 0.1) is 0 Å². The molecule has 0 aromatic heterocycles. The minimum absolute atomic E-state index is 0.0792. The number of methoxy groups -OCH3 is 1. The number of nitrogens with zero attached hydrogens (tertiary/aromatic N) is 1. The Bertz CT molecular complexity index is 834. The molecule has 3 rings (SSSR count). The normalized spacial score (nSPS) is 15.0. The van der Waals surface area contributed by atoms with Crippen LogP contribution in [-0.4, -0.2) is 41.8 Å². The van der Waals surface area contributed by atoms with Crippen molar-refractivity contribution in [3.63, 3.8) is 0 Å². The molecule has 0 saturated carbocycles. The Kier molecular flexibility index (Phi) is 5.36. The molecular weight excluding hydrogens is 364 g/mol. The molecule has 1 fully saturated rings. The van der Waals surface area contributed by atoms with Crippen molar-refractivity contribution in [3.8, 4) is 5.75 Å². The molecule has 1 aliphatic heterocycles. The third kappa shape index (κ3) is 4.18. The summed E-state index contributed by atoms with van der Waals surface area (Å²) in [6.45, 7) is 3.06. The standard InChI is InChI=1S/C17H19ClN2O4S/c1-23-17-7-6-15(12-16(17)18)25(21,22)19-13-2-4-14(5-3-13)20-8-10-24-11-9-20/h2-7,12,19H,8-11H2,1H3. The zero-order valence-corrected chi connectivity index (χ0v) is 15.3. The Balaban J connectivity index is 1.75. The Morgan fingerprint density at radius 1 is 1.12 bits per heavy atom. The maximum atomic E-state index is 12.5. The molecule has 134 valence electrons. The highest BCUT2D eigenvalue weighted by Crippen LogP contribution is 2.28. The monoisotopic (exact) mass is 382 g/mol. The number of benzene rings is 2. The average molecular weight is 383 g/mol. The topological polar surface area (TPSA) is 67.9 Å². The van der Waals surface area contributed by atoms with Gasteiger partial charge in [0.15, 0.2) is 0 Å². The van der Waals surface area contributed by atoms with Crippen LogP contribution in [-0.2, 0) is 14.8 Å². The van der Waals surface area contributed by atoms with Crippen LogP contribution in [0.15, 0.2) is 47.4 Å². The molecule has 25 heavy (non-hydrogen) atoms. The summed E-state index contributed by atoms with van der Waals surface area (Å²) in [7, 11) is -2.25. The molecule has 0 aliphatic carbocycles. The Labute approximate surface area is 152 Å². The van der Waals surface area contributed by atoms with E-state index in [0.717, 1.165) is 18.8 Å². The molecular formula is C17H19ClN2O4S. The van der Waals surface area contributed by atoms with E-state index in [4.69, 9.17) is 21.1 Å². The second-order valence-electron chi connectivity index (χ2n) is 5.55. The highest BCUT2D eigenvalue weighted by molar-refractivity contribution is 7.92. The van der Waals surface area contributed by atoms with E-state index in [-0.39, 0.29) is 9.92 Å². The number of hydrogen-bond acceptors (Lipinski definition) is 5. The SMILES string of the molecule is COc1ccc(S(=O)(=O)Nc2ccc(N3CCOCC3)cc2)cc1Cl. The smallest absolute Gasteiger partial charge is 0.261 e. The molecule has 2 aromatic rings. The Morgan fingerprint density at radius 3 is 2.40 bits per heavy atom. The zero-order valence-electron chi connectivity index (χ0n) is 13.7. The summed E-state index contributed by atoms with van der Waals surface area (Å²) in [4.78, 5) is 2.28. The number of anilines is 2. The van der Waals surface area contributed by atoms with Gasteiger partial charge in [0.25, 0.3) is 10.0 Å². The summed E-state index contributed by atoms with van der Waals surface area (Å²) in [6.07, 6.45) is 0. The Hall–Kier alpha value is -1.96. The van der Waals surface area contributed by atoms with Gasteiger partial charge in [0.2, 0.25) is 0 Å². The highest BCUT2D eigenvalue weighted by atomic mass is 35.5. The van der Waals surface area contributed by atoms with E-state index in [1.807, 2.05) is 12.1 Å². The first kappa shape index (κ1) is 17.8. The van der Waals surface area contributed by atoms with Crippen LogP contribution in [0.3, 0.4) is 0 Å². The number of halogens is 1. The zero-order chi connectivity index (χ0) is 17.9. The second-order valence-corrected chi connectivity index (χ2v) is 7.64. The van der Waals surface area contributed by atoms with Gasteiger partial charge in [-0.25, -0.2) is 8.42 Å². The van der Waals surface area contributed by atoms with Gasteiger partial charge in [0, 0.05) is 24.5 Å². The first-order valence-electron chi connectivity index (χ1n) is 7.79. The fraction of sp³-hybridized carbons (Fsp3) is 0.294. The maximum Gasteiger partial charge on any atom is 0.261 e. The van der Waals surface area contributed by atoms with Gasteiger partial charge >= 0.3 is 0 Å². The largest absolute Gasteiger partial charge is 0.495 e. The molecule has 0 radical (unpaired) electrons. The molecule has 1 N–H and O–H groups in total. The van der Waals surface area contributed by atoms with E-state index in [1.54, 1.807) is 12.1 Å². The molecule has 8 heteroatoms. The number of morpholine rings is 1. The average Bonchev–Trinajstić information content (AvgIpc) is 2.62. The van der Waals surface area contributed by atoms with Gasteiger partial charge < -0.3 is 14.4 Å². The van der Waals surface area contributed by atoms with Crippen LogP contribution >= 0.6 is 11.6 Å². The number of nitrogens with one attached hydrogen (secondary N) is 1. The predicted molar refractivity (Wildman–Crippen MR) is 98.3 cm³/mol. The summed E-state index contributed by atoms with van der Waals surface area (Å²) < 4.78 is 37.9. The van der Waals surface area contributed by atoms with Crippen LogP contribution in [0.2, 0.25) is 5.02 Å². The fourth-order valence-corrected chi connectivity index (χ4v) is 4.00. The van der Waals surface area contributed by atoms with Crippen LogP contribution in [0.1, 0.15) is 0 Å². The first-order valence-corrected chi connectivity index (χ1v) is 9.65. The second kappa shape index (κ2) is 7.51. The minimum Gasteiger partial charge on any atom is -0.495 e. The molecule has 0 bridgehead atoms. The maximum absolute atomic E-state index is 12.5. The molecule has 0 unspecified atom stereocenters. The van der Waals surface area contributed by atoms with Gasteiger partial charge in [0.05, 0.1) is 30.2 Å². The van der Waals surface area contributed by atoms with Crippen molar-refractivity contribution in [3.05, 3.63) is 47.5 Å². The van der Waals surface area contributed by atoms with Crippen molar-refractivity contribution in [2.45, 2.75) is 4.90 Å². The number of ether oxygens (including phenoxy) is 2. The minimum atomic E-state index is -3.72. The summed E-state index contributed by atoms with van der Waals surface area (Å²) >= 11 is 6.01. The molecule has 0 amide bonds. The van der Waals surface area contributed by atoms with Gasteiger partial charge in [-0.1, -0.05) is 11.6 Å². The third-order valence-electron chi connectivity index (χ3n) is 3.93. The van der Waals surface area contributed by atoms with E-state index in [9.17, 15) is 8.42 Å². The number of hydrogen-bond donors (Lipinski definition) is 1. The third-order valence-corrected chi connectivity index (χ3v) is 5.60. The lowest BCUT2D eigenvalue weighted by atomic mass is 10.2. The molecule has 2 aromatic carbocycles. The number of rotatable bonds is 5. The van der Waals surface area contributed by atoms with Crippen molar-refractivity contribution in [2.24, 2.45) is 0 Å². The van der Waals surface area contributed by atoms with Gasteiger partial charge in [-0.05, 0) is 42.5 Å². The van der Waals surface area contributed by atoms with Crippen molar-refractivity contribution in [1.29, 1.82) is 0 Å². The van der Waals surface area contributed by atoms with E-state index in [2.05, 4.69) is 9.62 Å². The lowest BCUT2D eigenvalue weighted by molar-refractivity contribution is 0.122. The fourth-order valence-electron chi connectivity index (χ4n) is 2.59. The molecule has 1 heterocycles. The van der Waals surface area contributed by atoms with E-state index < -0.39 is 10.0 Å². The molecule has 0 atom stereocenters. The lowest BCUT2D eigenvalue weighted by Gasteiger charge is -2.28. The van der Waals surface area contributed by atoms with Crippen LogP contribution < -0.4 is 14.4 Å². The van der Waals surface area contributed by atoms with E-state index >= 15 is 0 Å². The summed E-state index contributed by atoms with van der Waals surface area (Å²) in [5.74, 6) is 0.426. The number of sulfonamides is 1. The highest BCUT2D eigenvalue weighted by Gasteiger charge is 2.17. The summed E-state index contributed by atoms with van der Waals surface area (Å²) in [5, 5.41) is 0.244. The molecule has 1 aliphatic rings. The van der Waals surface area contributed by atoms with Crippen molar-refractivity contribution in [1.82, 2.24) is 0 Å². The first-order chi connectivity index (χ1) is 12.0. The van der Waals surface area contributed by atoms with E-state index in [0.29, 0.717) is 24.7 Å². The molecule has 1 saturated heterocycles. The van der Waals surface area contributed by atoms with Crippen molar-refractivity contribution < 1.29 is 17.9 Å². The van der Waals surface area contributed by atoms with Crippen LogP contribution in [0.25, 0.3) is 0 Å². The van der Waals surface area contributed by atoms with Crippen LogP contribution in [0.4, 0.5) is 11.4 Å². The Morgan fingerprint density at radius 2 is 1.80 bits per heavy atom. The molecule has 6 nitrogen and oxygen atoms in total. The van der Waals surface area contributed by atoms with Gasteiger partial charge in [-0.2, -0.15) is 0 Å². The van der Waals surface area contributed by atoms with Crippen LogP contribution in [0.5, 0.6) is 5.75 Å². The van der Waals surface area contributed by atoms with Gasteiger partial charge in [-0.15, -0.1) is 0 Å². The predicted octanol–water partition coefficient (Wildman–Crippen LogP) is 2.99. The quantitative estimate of drug-likeness (QED) is 0.861. The van der Waals surface area contributed by atoms with Gasteiger partial charge in [0.1, 0.15) is 5.75 Å². The van der Waals surface area contributed by atoms with Gasteiger partial charge in [-0.3, -0.25) is 4.72 Å². The van der Waals surface area contributed by atoms with Crippen molar-refractivity contribution in [2.75, 3.05) is 43.0 Å².